The summed E-state index contributed by atoms with van der Waals surface area (Å²) in [4.78, 5) is 15.7. The van der Waals surface area contributed by atoms with Crippen molar-refractivity contribution in [1.82, 2.24) is 19.8 Å². The van der Waals surface area contributed by atoms with Gasteiger partial charge >= 0.3 is 6.18 Å². The van der Waals surface area contributed by atoms with Crippen LogP contribution in [-0.2, 0) is 0 Å². The van der Waals surface area contributed by atoms with Gasteiger partial charge in [0.15, 0.2) is 0 Å². The van der Waals surface area contributed by atoms with Crippen LogP contribution in [0.25, 0.3) is 11.1 Å². The van der Waals surface area contributed by atoms with E-state index in [-0.39, 0.29) is 11.9 Å². The SMILES string of the molecule is C/C(=C\C=C/CC(CN1CCCC1)N1CCN(c2ncnc(N)c2-c2ccc(F)cc2)CC1)C(F)(F)F. The van der Waals surface area contributed by atoms with Crippen molar-refractivity contribution in [3.8, 4) is 11.1 Å². The third-order valence-corrected chi connectivity index (χ3v) is 7.12. The molecule has 4 rings (SSSR count). The number of allylic oxidation sites excluding steroid dienone is 3. The molecule has 1 aromatic heterocycles. The van der Waals surface area contributed by atoms with Gasteiger partial charge in [-0.2, -0.15) is 13.2 Å². The van der Waals surface area contributed by atoms with Crippen LogP contribution < -0.4 is 10.6 Å². The number of nitrogens with two attached hydrogens (primary N) is 1. The molecule has 0 aliphatic carbocycles. The van der Waals surface area contributed by atoms with Gasteiger partial charge in [-0.3, -0.25) is 4.90 Å². The van der Waals surface area contributed by atoms with Crippen molar-refractivity contribution in [2.24, 2.45) is 0 Å². The molecule has 1 aromatic carbocycles. The topological polar surface area (TPSA) is 61.5 Å². The summed E-state index contributed by atoms with van der Waals surface area (Å²) in [7, 11) is 0. The molecule has 10 heteroatoms. The molecule has 2 fully saturated rings. The number of anilines is 2. The molecule has 2 aliphatic rings. The highest BCUT2D eigenvalue weighted by molar-refractivity contribution is 5.84. The second-order valence-electron chi connectivity index (χ2n) is 9.66. The average molecular weight is 519 g/mol. The number of aromatic nitrogens is 2. The Hall–Kier alpha value is -2.98. The number of nitrogen functional groups attached to an aromatic ring is 1. The first-order valence-corrected chi connectivity index (χ1v) is 12.7. The van der Waals surface area contributed by atoms with Crippen molar-refractivity contribution < 1.29 is 17.6 Å². The van der Waals surface area contributed by atoms with Gasteiger partial charge in [0, 0.05) is 44.3 Å². The lowest BCUT2D eigenvalue weighted by atomic mass is 10.1. The van der Waals surface area contributed by atoms with Crippen LogP contribution in [-0.4, -0.2) is 77.8 Å². The highest BCUT2D eigenvalue weighted by atomic mass is 19.4. The van der Waals surface area contributed by atoms with Crippen molar-refractivity contribution >= 4 is 11.6 Å². The predicted octanol–water partition coefficient (Wildman–Crippen LogP) is 4.91. The normalized spacial score (nSPS) is 19.2. The van der Waals surface area contributed by atoms with Crippen LogP contribution >= 0.6 is 0 Å². The minimum absolute atomic E-state index is 0.211. The Morgan fingerprint density at radius 2 is 1.70 bits per heavy atom. The van der Waals surface area contributed by atoms with Gasteiger partial charge < -0.3 is 15.5 Å². The number of halogens is 4. The smallest absolute Gasteiger partial charge is 0.383 e. The van der Waals surface area contributed by atoms with E-state index in [4.69, 9.17) is 5.73 Å². The quantitative estimate of drug-likeness (QED) is 0.396. The molecule has 2 aromatic rings. The Kier molecular flexibility index (Phi) is 8.81. The molecule has 1 unspecified atom stereocenters. The molecule has 0 saturated carbocycles. The van der Waals surface area contributed by atoms with E-state index >= 15 is 0 Å². The maximum atomic E-state index is 13.5. The zero-order valence-electron chi connectivity index (χ0n) is 21.1. The Balaban J connectivity index is 1.45. The fourth-order valence-corrected chi connectivity index (χ4v) is 4.97. The standard InChI is InChI=1S/C27H34F4N6/c1-20(27(29,30)31)6-2-3-7-23(18-35-12-4-5-13-35)36-14-16-37(17-15-36)26-24(25(32)33-19-34-26)21-8-10-22(28)11-9-21/h2-3,6,8-11,19,23H,4-5,7,12-18H2,1H3,(H2,32,33,34)/b3-2-,20-6+. The maximum Gasteiger partial charge on any atom is 0.412 e. The summed E-state index contributed by atoms with van der Waals surface area (Å²) in [6.45, 7) is 7.13. The number of likely N-dealkylation sites (tertiary alicyclic amines) is 1. The lowest BCUT2D eigenvalue weighted by Crippen LogP contribution is -2.53. The van der Waals surface area contributed by atoms with Crippen LogP contribution in [0, 0.1) is 5.82 Å². The van der Waals surface area contributed by atoms with Gasteiger partial charge in [-0.1, -0.05) is 30.4 Å². The first-order chi connectivity index (χ1) is 17.7. The summed E-state index contributed by atoms with van der Waals surface area (Å²) < 4.78 is 51.9. The Morgan fingerprint density at radius 3 is 2.35 bits per heavy atom. The van der Waals surface area contributed by atoms with Crippen LogP contribution in [0.4, 0.5) is 29.2 Å². The van der Waals surface area contributed by atoms with E-state index in [1.807, 2.05) is 6.08 Å². The van der Waals surface area contributed by atoms with Gasteiger partial charge in [-0.15, -0.1) is 0 Å². The van der Waals surface area contributed by atoms with Gasteiger partial charge in [-0.25, -0.2) is 14.4 Å². The molecular weight excluding hydrogens is 484 g/mol. The van der Waals surface area contributed by atoms with Crippen molar-refractivity contribution in [2.45, 2.75) is 38.4 Å². The van der Waals surface area contributed by atoms with E-state index in [9.17, 15) is 17.6 Å². The molecule has 2 aliphatic heterocycles. The molecule has 2 N–H and O–H groups in total. The second kappa shape index (κ2) is 12.0. The molecule has 3 heterocycles. The lowest BCUT2D eigenvalue weighted by Gasteiger charge is -2.41. The Bertz CT molecular complexity index is 1090. The van der Waals surface area contributed by atoms with E-state index in [2.05, 4.69) is 24.7 Å². The van der Waals surface area contributed by atoms with Crippen LogP contribution in [0.2, 0.25) is 0 Å². The third-order valence-electron chi connectivity index (χ3n) is 7.12. The number of benzene rings is 1. The molecule has 0 amide bonds. The van der Waals surface area contributed by atoms with Gasteiger partial charge in [0.1, 0.15) is 23.8 Å². The summed E-state index contributed by atoms with van der Waals surface area (Å²) in [5, 5.41) is 0. The molecule has 0 radical (unpaired) electrons. The van der Waals surface area contributed by atoms with Crippen molar-refractivity contribution in [1.29, 1.82) is 0 Å². The Morgan fingerprint density at radius 1 is 1.03 bits per heavy atom. The second-order valence-corrected chi connectivity index (χ2v) is 9.66. The zero-order chi connectivity index (χ0) is 26.4. The fourth-order valence-electron chi connectivity index (χ4n) is 4.97. The van der Waals surface area contributed by atoms with Crippen LogP contribution in [0.15, 0.2) is 54.4 Å². The molecule has 200 valence electrons. The molecule has 1 atom stereocenters. The van der Waals surface area contributed by atoms with Crippen molar-refractivity contribution in [2.75, 3.05) is 56.4 Å². The van der Waals surface area contributed by atoms with E-state index in [1.54, 1.807) is 12.1 Å². The number of hydrogen-bond acceptors (Lipinski definition) is 6. The Labute approximate surface area is 215 Å². The van der Waals surface area contributed by atoms with Gasteiger partial charge in [0.2, 0.25) is 0 Å². The average Bonchev–Trinajstić information content (AvgIpc) is 3.39. The summed E-state index contributed by atoms with van der Waals surface area (Å²) >= 11 is 0. The largest absolute Gasteiger partial charge is 0.412 e. The van der Waals surface area contributed by atoms with Crippen LogP contribution in [0.5, 0.6) is 0 Å². The van der Waals surface area contributed by atoms with Gasteiger partial charge in [0.05, 0.1) is 5.56 Å². The first-order valence-electron chi connectivity index (χ1n) is 12.7. The maximum absolute atomic E-state index is 13.5. The molecule has 6 nitrogen and oxygen atoms in total. The molecular formula is C27H34F4N6. The highest BCUT2D eigenvalue weighted by Gasteiger charge is 2.30. The highest BCUT2D eigenvalue weighted by Crippen LogP contribution is 2.33. The summed E-state index contributed by atoms with van der Waals surface area (Å²) in [6, 6.07) is 6.36. The molecule has 37 heavy (non-hydrogen) atoms. The minimum atomic E-state index is -4.30. The number of piperazine rings is 1. The minimum Gasteiger partial charge on any atom is -0.383 e. The summed E-state index contributed by atoms with van der Waals surface area (Å²) in [6.07, 6.45) is 4.71. The zero-order valence-corrected chi connectivity index (χ0v) is 21.1. The van der Waals surface area contributed by atoms with Crippen LogP contribution in [0.3, 0.4) is 0 Å². The number of nitrogens with zero attached hydrogens (tertiary/aromatic N) is 5. The number of alkyl halides is 3. The fraction of sp³-hybridized carbons (Fsp3) is 0.481. The number of rotatable bonds is 8. The molecule has 0 spiro atoms. The summed E-state index contributed by atoms with van der Waals surface area (Å²) in [5.74, 6) is 0.747. The van der Waals surface area contributed by atoms with Crippen molar-refractivity contribution in [3.63, 3.8) is 0 Å². The van der Waals surface area contributed by atoms with E-state index in [0.29, 0.717) is 17.8 Å². The van der Waals surface area contributed by atoms with Crippen molar-refractivity contribution in [3.05, 3.63) is 60.2 Å². The molecule has 0 bridgehead atoms. The number of hydrogen-bond donors (Lipinski definition) is 1. The van der Waals surface area contributed by atoms with E-state index in [1.165, 1.54) is 37.4 Å². The monoisotopic (exact) mass is 518 g/mol. The lowest BCUT2D eigenvalue weighted by molar-refractivity contribution is -0.0913. The van der Waals surface area contributed by atoms with E-state index in [0.717, 1.165) is 70.2 Å². The van der Waals surface area contributed by atoms with Crippen LogP contribution in [0.1, 0.15) is 26.2 Å². The third kappa shape index (κ3) is 7.07. The molecule has 2 saturated heterocycles. The van der Waals surface area contributed by atoms with Gasteiger partial charge in [-0.05, 0) is 57.0 Å². The van der Waals surface area contributed by atoms with E-state index < -0.39 is 11.7 Å². The summed E-state index contributed by atoms with van der Waals surface area (Å²) in [5.41, 5.74) is 7.06. The van der Waals surface area contributed by atoms with Gasteiger partial charge in [0.25, 0.3) is 0 Å². The predicted molar refractivity (Wildman–Crippen MR) is 139 cm³/mol. The first kappa shape index (κ1) is 27.1.